The van der Waals surface area contributed by atoms with Gasteiger partial charge in [-0.15, -0.1) is 0 Å². The molecule has 1 aromatic heterocycles. The fourth-order valence-corrected chi connectivity index (χ4v) is 3.17. The Morgan fingerprint density at radius 1 is 1.52 bits per heavy atom. The van der Waals surface area contributed by atoms with Crippen LogP contribution in [-0.4, -0.2) is 37.3 Å². The third-order valence-corrected chi connectivity index (χ3v) is 4.47. The number of aromatic nitrogens is 1. The van der Waals surface area contributed by atoms with Crippen molar-refractivity contribution >= 4 is 17.4 Å². The smallest absolute Gasteiger partial charge is 0.328 e. The standard InChI is InChI=1S/C18H22N2O3/c1-4-12(2)13-9-11-23-17-14(13)7-8-16(19-17)20-10-5-6-15(20)18(21)22-3/h7-9,15H,2,4-6,10-11H2,1,3H3. The summed E-state index contributed by atoms with van der Waals surface area (Å²) < 4.78 is 10.6. The van der Waals surface area contributed by atoms with E-state index in [1.165, 1.54) is 7.11 Å². The van der Waals surface area contributed by atoms with Crippen LogP contribution in [0.3, 0.4) is 0 Å². The molecule has 3 rings (SSSR count). The van der Waals surface area contributed by atoms with Gasteiger partial charge in [0, 0.05) is 12.1 Å². The highest BCUT2D eigenvalue weighted by atomic mass is 16.5. The minimum absolute atomic E-state index is 0.206. The first kappa shape index (κ1) is 15.6. The zero-order valence-electron chi connectivity index (χ0n) is 13.7. The molecule has 0 bridgehead atoms. The molecular weight excluding hydrogens is 292 g/mol. The summed E-state index contributed by atoms with van der Waals surface area (Å²) in [6.45, 7) is 7.51. The normalized spacial score (nSPS) is 19.7. The first-order valence-electron chi connectivity index (χ1n) is 8.02. The average molecular weight is 314 g/mol. The van der Waals surface area contributed by atoms with Crippen LogP contribution in [0.4, 0.5) is 5.82 Å². The summed E-state index contributed by atoms with van der Waals surface area (Å²) in [7, 11) is 1.43. The molecule has 2 aliphatic heterocycles. The molecule has 1 saturated heterocycles. The van der Waals surface area contributed by atoms with Gasteiger partial charge in [-0.25, -0.2) is 4.79 Å². The van der Waals surface area contributed by atoms with Crippen molar-refractivity contribution in [2.75, 3.05) is 25.2 Å². The Bertz CT molecular complexity index is 666. The number of carbonyl (C=O) groups excluding carboxylic acids is 1. The number of fused-ring (bicyclic) bond motifs is 1. The van der Waals surface area contributed by atoms with E-state index in [4.69, 9.17) is 9.47 Å². The number of pyridine rings is 1. The molecular formula is C18H22N2O3. The maximum Gasteiger partial charge on any atom is 0.328 e. The van der Waals surface area contributed by atoms with Gasteiger partial charge in [-0.2, -0.15) is 4.98 Å². The molecule has 0 aliphatic carbocycles. The Morgan fingerprint density at radius 2 is 2.35 bits per heavy atom. The van der Waals surface area contributed by atoms with Crippen molar-refractivity contribution < 1.29 is 14.3 Å². The average Bonchev–Trinajstić information content (AvgIpc) is 3.09. The summed E-state index contributed by atoms with van der Waals surface area (Å²) >= 11 is 0. The number of hydrogen-bond donors (Lipinski definition) is 0. The molecule has 2 aliphatic rings. The number of anilines is 1. The molecule has 3 heterocycles. The lowest BCUT2D eigenvalue weighted by Gasteiger charge is -2.26. The van der Waals surface area contributed by atoms with E-state index < -0.39 is 0 Å². The lowest BCUT2D eigenvalue weighted by molar-refractivity contribution is -0.141. The van der Waals surface area contributed by atoms with Crippen LogP contribution in [0.25, 0.3) is 5.57 Å². The zero-order valence-corrected chi connectivity index (χ0v) is 13.7. The lowest BCUT2D eigenvalue weighted by atomic mass is 9.96. The SMILES string of the molecule is C=C(CC)C1=CCOc2nc(N3CCCC3C(=O)OC)ccc21. The molecule has 0 spiro atoms. The predicted molar refractivity (Wildman–Crippen MR) is 89.5 cm³/mol. The van der Waals surface area contributed by atoms with E-state index in [-0.39, 0.29) is 12.0 Å². The summed E-state index contributed by atoms with van der Waals surface area (Å²) in [5.41, 5.74) is 3.16. The van der Waals surface area contributed by atoms with Gasteiger partial charge in [-0.1, -0.05) is 13.5 Å². The van der Waals surface area contributed by atoms with Gasteiger partial charge in [-0.3, -0.25) is 0 Å². The second-order valence-electron chi connectivity index (χ2n) is 5.78. The first-order chi connectivity index (χ1) is 11.2. The van der Waals surface area contributed by atoms with Crippen LogP contribution in [0.2, 0.25) is 0 Å². The Hall–Kier alpha value is -2.30. The minimum Gasteiger partial charge on any atom is -0.473 e. The highest BCUT2D eigenvalue weighted by molar-refractivity contribution is 5.83. The number of allylic oxidation sites excluding steroid dienone is 2. The van der Waals surface area contributed by atoms with Gasteiger partial charge in [-0.05, 0) is 48.6 Å². The van der Waals surface area contributed by atoms with E-state index in [1.54, 1.807) is 0 Å². The summed E-state index contributed by atoms with van der Waals surface area (Å²) in [5, 5.41) is 0. The van der Waals surface area contributed by atoms with Crippen molar-refractivity contribution in [3.63, 3.8) is 0 Å². The van der Waals surface area contributed by atoms with E-state index in [2.05, 4.69) is 18.5 Å². The highest BCUT2D eigenvalue weighted by Crippen LogP contribution is 2.36. The second kappa shape index (κ2) is 6.44. The fourth-order valence-electron chi connectivity index (χ4n) is 3.17. The second-order valence-corrected chi connectivity index (χ2v) is 5.78. The van der Waals surface area contributed by atoms with E-state index in [1.807, 2.05) is 23.1 Å². The van der Waals surface area contributed by atoms with Crippen LogP contribution in [-0.2, 0) is 9.53 Å². The van der Waals surface area contributed by atoms with E-state index >= 15 is 0 Å². The Kier molecular flexibility index (Phi) is 4.37. The van der Waals surface area contributed by atoms with Gasteiger partial charge in [0.2, 0.25) is 5.88 Å². The van der Waals surface area contributed by atoms with E-state index in [9.17, 15) is 4.79 Å². The lowest BCUT2D eigenvalue weighted by Crippen LogP contribution is -2.37. The third-order valence-electron chi connectivity index (χ3n) is 4.47. The van der Waals surface area contributed by atoms with Gasteiger partial charge >= 0.3 is 5.97 Å². The maximum absolute atomic E-state index is 11.9. The monoisotopic (exact) mass is 314 g/mol. The topological polar surface area (TPSA) is 51.7 Å². The minimum atomic E-state index is -0.255. The Morgan fingerprint density at radius 3 is 3.09 bits per heavy atom. The van der Waals surface area contributed by atoms with Crippen molar-refractivity contribution in [3.8, 4) is 5.88 Å². The largest absolute Gasteiger partial charge is 0.473 e. The van der Waals surface area contributed by atoms with Gasteiger partial charge < -0.3 is 14.4 Å². The van der Waals surface area contributed by atoms with Crippen molar-refractivity contribution in [1.82, 2.24) is 4.98 Å². The summed E-state index contributed by atoms with van der Waals surface area (Å²) in [5.74, 6) is 1.17. The predicted octanol–water partition coefficient (Wildman–Crippen LogP) is 2.97. The van der Waals surface area contributed by atoms with Gasteiger partial charge in [0.25, 0.3) is 0 Å². The van der Waals surface area contributed by atoms with E-state index in [0.29, 0.717) is 12.5 Å². The molecule has 0 saturated carbocycles. The Labute approximate surface area is 136 Å². The van der Waals surface area contributed by atoms with Crippen LogP contribution in [0.15, 0.2) is 30.4 Å². The quantitative estimate of drug-likeness (QED) is 0.800. The Balaban J connectivity index is 1.91. The number of methoxy groups -OCH3 is 1. The molecule has 0 radical (unpaired) electrons. The van der Waals surface area contributed by atoms with Crippen molar-refractivity contribution in [2.24, 2.45) is 0 Å². The zero-order chi connectivity index (χ0) is 16.4. The number of rotatable bonds is 4. The summed E-state index contributed by atoms with van der Waals surface area (Å²) in [4.78, 5) is 18.6. The van der Waals surface area contributed by atoms with Crippen LogP contribution in [0, 0.1) is 0 Å². The van der Waals surface area contributed by atoms with Crippen LogP contribution in [0.1, 0.15) is 31.7 Å². The molecule has 1 atom stereocenters. The fraction of sp³-hybridized carbons (Fsp3) is 0.444. The summed E-state index contributed by atoms with van der Waals surface area (Å²) in [6, 6.07) is 3.71. The highest BCUT2D eigenvalue weighted by Gasteiger charge is 2.33. The maximum atomic E-state index is 11.9. The molecule has 0 aromatic carbocycles. The van der Waals surface area contributed by atoms with Crippen molar-refractivity contribution in [3.05, 3.63) is 35.9 Å². The van der Waals surface area contributed by atoms with Gasteiger partial charge in [0.15, 0.2) is 0 Å². The third kappa shape index (κ3) is 2.83. The molecule has 1 unspecified atom stereocenters. The van der Waals surface area contributed by atoms with Crippen LogP contribution < -0.4 is 9.64 Å². The number of carbonyl (C=O) groups is 1. The molecule has 1 fully saturated rings. The molecule has 5 heteroatoms. The molecule has 23 heavy (non-hydrogen) atoms. The van der Waals surface area contributed by atoms with Crippen molar-refractivity contribution in [2.45, 2.75) is 32.2 Å². The van der Waals surface area contributed by atoms with Gasteiger partial charge in [0.05, 0.1) is 7.11 Å². The number of hydrogen-bond acceptors (Lipinski definition) is 5. The molecule has 0 amide bonds. The first-order valence-corrected chi connectivity index (χ1v) is 8.02. The van der Waals surface area contributed by atoms with Crippen molar-refractivity contribution in [1.29, 1.82) is 0 Å². The van der Waals surface area contributed by atoms with E-state index in [0.717, 1.165) is 48.3 Å². The summed E-state index contributed by atoms with van der Waals surface area (Å²) in [6.07, 6.45) is 4.69. The number of ether oxygens (including phenoxy) is 2. The molecule has 5 nitrogen and oxygen atoms in total. The molecule has 122 valence electrons. The number of esters is 1. The molecule has 1 aromatic rings. The van der Waals surface area contributed by atoms with Crippen LogP contribution in [0.5, 0.6) is 5.88 Å². The van der Waals surface area contributed by atoms with Crippen LogP contribution >= 0.6 is 0 Å². The molecule has 0 N–H and O–H groups in total. The number of nitrogens with zero attached hydrogens (tertiary/aromatic N) is 2. The van der Waals surface area contributed by atoms with Gasteiger partial charge in [0.1, 0.15) is 18.5 Å².